The first kappa shape index (κ1) is 16.4. The Labute approximate surface area is 147 Å². The fraction of sp³-hybridized carbons (Fsp3) is 0.389. The molecule has 6 nitrogen and oxygen atoms in total. The molecule has 132 valence electrons. The maximum atomic E-state index is 13.0. The van der Waals surface area contributed by atoms with Gasteiger partial charge in [0.2, 0.25) is 5.91 Å². The highest BCUT2D eigenvalue weighted by Crippen LogP contribution is 2.41. The molecule has 0 bridgehead atoms. The molecule has 1 saturated heterocycles. The van der Waals surface area contributed by atoms with E-state index >= 15 is 0 Å². The van der Waals surface area contributed by atoms with Gasteiger partial charge in [-0.3, -0.25) is 9.10 Å². The Hall–Kier alpha value is -2.12. The zero-order valence-electron chi connectivity index (χ0n) is 13.9. The van der Waals surface area contributed by atoms with Crippen LogP contribution in [-0.4, -0.2) is 44.9 Å². The molecule has 4 rings (SSSR count). The summed E-state index contributed by atoms with van der Waals surface area (Å²) in [6.07, 6.45) is 2.87. The first-order valence-electron chi connectivity index (χ1n) is 8.58. The van der Waals surface area contributed by atoms with Gasteiger partial charge in [0.25, 0.3) is 10.0 Å². The van der Waals surface area contributed by atoms with Gasteiger partial charge in [0, 0.05) is 24.5 Å². The van der Waals surface area contributed by atoms with Gasteiger partial charge in [-0.1, -0.05) is 24.3 Å². The first-order chi connectivity index (χ1) is 12.0. The van der Waals surface area contributed by atoms with Gasteiger partial charge in [-0.2, -0.15) is 0 Å². The third-order valence-corrected chi connectivity index (χ3v) is 6.98. The van der Waals surface area contributed by atoms with Crippen molar-refractivity contribution in [1.82, 2.24) is 4.90 Å². The highest BCUT2D eigenvalue weighted by atomic mass is 32.2. The average molecular weight is 359 g/mol. The molecule has 2 N–H and O–H groups in total. The van der Waals surface area contributed by atoms with Crippen LogP contribution in [0.25, 0.3) is 10.8 Å². The van der Waals surface area contributed by atoms with E-state index in [1.165, 1.54) is 4.31 Å². The Bertz CT molecular complexity index is 936. The number of likely N-dealkylation sites (tertiary alicyclic amines) is 1. The summed E-state index contributed by atoms with van der Waals surface area (Å²) in [5.74, 6) is -0.177. The third kappa shape index (κ3) is 2.49. The van der Waals surface area contributed by atoms with Crippen molar-refractivity contribution >= 4 is 32.4 Å². The lowest BCUT2D eigenvalue weighted by molar-refractivity contribution is -0.132. The average Bonchev–Trinajstić information content (AvgIpc) is 2.85. The van der Waals surface area contributed by atoms with Crippen LogP contribution in [0.1, 0.15) is 19.3 Å². The number of hydrogen-bond acceptors (Lipinski definition) is 4. The fourth-order valence-corrected chi connectivity index (χ4v) is 5.58. The molecule has 2 aliphatic rings. The number of nitrogens with zero attached hydrogens (tertiary/aromatic N) is 2. The molecule has 7 heteroatoms. The van der Waals surface area contributed by atoms with Crippen LogP contribution in [0.3, 0.4) is 0 Å². The largest absolute Gasteiger partial charge is 0.337 e. The van der Waals surface area contributed by atoms with Crippen LogP contribution in [0.2, 0.25) is 0 Å². The standard InChI is InChI=1S/C18H21N3O3S/c19-11-14-7-1-2-10-20(14)17(22)12-21-15-8-3-5-13-6-4-9-16(18(13)15)25(21,23)24/h3-6,8-9,14H,1-2,7,10-12,19H2. The quantitative estimate of drug-likeness (QED) is 0.904. The minimum absolute atomic E-state index is 0.00437. The Morgan fingerprint density at radius 2 is 1.92 bits per heavy atom. The van der Waals surface area contributed by atoms with Crippen LogP contribution in [0, 0.1) is 0 Å². The van der Waals surface area contributed by atoms with Crippen molar-refractivity contribution in [1.29, 1.82) is 0 Å². The van der Waals surface area contributed by atoms with Gasteiger partial charge in [0.15, 0.2) is 0 Å². The van der Waals surface area contributed by atoms with Crippen LogP contribution < -0.4 is 10.0 Å². The molecule has 0 saturated carbocycles. The summed E-state index contributed by atoms with van der Waals surface area (Å²) in [5.41, 5.74) is 6.38. The summed E-state index contributed by atoms with van der Waals surface area (Å²) in [6, 6.07) is 10.7. The van der Waals surface area contributed by atoms with E-state index in [-0.39, 0.29) is 23.4 Å². The van der Waals surface area contributed by atoms with Crippen LogP contribution in [0.15, 0.2) is 41.3 Å². The zero-order chi connectivity index (χ0) is 17.6. The number of amides is 1. The van der Waals surface area contributed by atoms with E-state index in [1.54, 1.807) is 23.1 Å². The van der Waals surface area contributed by atoms with Gasteiger partial charge in [0.05, 0.1) is 10.6 Å². The highest BCUT2D eigenvalue weighted by Gasteiger charge is 2.38. The maximum Gasteiger partial charge on any atom is 0.265 e. The van der Waals surface area contributed by atoms with Gasteiger partial charge in [0.1, 0.15) is 6.54 Å². The maximum absolute atomic E-state index is 13.0. The Morgan fingerprint density at radius 3 is 2.68 bits per heavy atom. The smallest absolute Gasteiger partial charge is 0.265 e. The number of benzene rings is 2. The number of carbonyl (C=O) groups is 1. The molecule has 1 atom stereocenters. The summed E-state index contributed by atoms with van der Waals surface area (Å²) in [6.45, 7) is 0.882. The minimum Gasteiger partial charge on any atom is -0.337 e. The van der Waals surface area contributed by atoms with Gasteiger partial charge >= 0.3 is 0 Å². The number of sulfonamides is 1. The second-order valence-electron chi connectivity index (χ2n) is 6.62. The molecule has 0 spiro atoms. The Kier molecular flexibility index (Phi) is 3.92. The Balaban J connectivity index is 1.70. The second-order valence-corrected chi connectivity index (χ2v) is 8.45. The lowest BCUT2D eigenvalue weighted by Gasteiger charge is -2.36. The lowest BCUT2D eigenvalue weighted by atomic mass is 10.0. The molecule has 0 aliphatic carbocycles. The number of anilines is 1. The van der Waals surface area contributed by atoms with E-state index in [1.807, 2.05) is 18.2 Å². The van der Waals surface area contributed by atoms with Crippen molar-refractivity contribution in [2.45, 2.75) is 30.2 Å². The summed E-state index contributed by atoms with van der Waals surface area (Å²) in [7, 11) is -3.70. The molecule has 0 aromatic heterocycles. The number of carbonyl (C=O) groups excluding carboxylic acids is 1. The molecule has 1 unspecified atom stereocenters. The van der Waals surface area contributed by atoms with E-state index < -0.39 is 10.0 Å². The van der Waals surface area contributed by atoms with E-state index in [9.17, 15) is 13.2 Å². The first-order valence-corrected chi connectivity index (χ1v) is 10.0. The van der Waals surface area contributed by atoms with Gasteiger partial charge in [-0.25, -0.2) is 8.42 Å². The number of rotatable bonds is 3. The van der Waals surface area contributed by atoms with Crippen LogP contribution in [-0.2, 0) is 14.8 Å². The van der Waals surface area contributed by atoms with E-state index in [2.05, 4.69) is 0 Å². The van der Waals surface area contributed by atoms with Crippen molar-refractivity contribution < 1.29 is 13.2 Å². The SMILES string of the molecule is NCC1CCCCN1C(=O)CN1c2cccc3cccc(c23)S1(=O)=O. The second kappa shape index (κ2) is 6.00. The number of hydrogen-bond donors (Lipinski definition) is 1. The monoisotopic (exact) mass is 359 g/mol. The molecular weight excluding hydrogens is 338 g/mol. The summed E-state index contributed by atoms with van der Waals surface area (Å²) >= 11 is 0. The highest BCUT2D eigenvalue weighted by molar-refractivity contribution is 7.93. The van der Waals surface area contributed by atoms with Gasteiger partial charge in [-0.05, 0) is 36.8 Å². The molecule has 0 radical (unpaired) electrons. The molecule has 2 aliphatic heterocycles. The van der Waals surface area contributed by atoms with E-state index in [4.69, 9.17) is 5.73 Å². The molecule has 1 fully saturated rings. The minimum atomic E-state index is -3.70. The molecule has 2 heterocycles. The number of nitrogens with two attached hydrogens (primary N) is 1. The summed E-state index contributed by atoms with van der Waals surface area (Å²) in [5, 5.41) is 1.57. The summed E-state index contributed by atoms with van der Waals surface area (Å²) < 4.78 is 27.2. The fourth-order valence-electron chi connectivity index (χ4n) is 3.92. The lowest BCUT2D eigenvalue weighted by Crippen LogP contribution is -2.51. The van der Waals surface area contributed by atoms with Gasteiger partial charge < -0.3 is 10.6 Å². The molecule has 25 heavy (non-hydrogen) atoms. The predicted octanol–water partition coefficient (Wildman–Crippen LogP) is 1.69. The molecule has 2 aromatic rings. The van der Waals surface area contributed by atoms with E-state index in [0.717, 1.165) is 24.6 Å². The molecule has 1 amide bonds. The van der Waals surface area contributed by atoms with Crippen LogP contribution in [0.4, 0.5) is 5.69 Å². The van der Waals surface area contributed by atoms with Crippen molar-refractivity contribution in [3.8, 4) is 0 Å². The topological polar surface area (TPSA) is 83.7 Å². The predicted molar refractivity (Wildman–Crippen MR) is 96.9 cm³/mol. The van der Waals surface area contributed by atoms with Crippen molar-refractivity contribution in [3.63, 3.8) is 0 Å². The zero-order valence-corrected chi connectivity index (χ0v) is 14.7. The van der Waals surface area contributed by atoms with E-state index in [0.29, 0.717) is 24.2 Å². The molecular formula is C18H21N3O3S. The van der Waals surface area contributed by atoms with Crippen LogP contribution >= 0.6 is 0 Å². The van der Waals surface area contributed by atoms with Crippen LogP contribution in [0.5, 0.6) is 0 Å². The Morgan fingerprint density at radius 1 is 1.16 bits per heavy atom. The third-order valence-electron chi connectivity index (χ3n) is 5.18. The molecule has 2 aromatic carbocycles. The normalized spacial score (nSPS) is 21.7. The summed E-state index contributed by atoms with van der Waals surface area (Å²) in [4.78, 5) is 14.9. The van der Waals surface area contributed by atoms with Crippen molar-refractivity contribution in [2.24, 2.45) is 5.73 Å². The number of piperidine rings is 1. The van der Waals surface area contributed by atoms with Crippen molar-refractivity contribution in [3.05, 3.63) is 36.4 Å². The van der Waals surface area contributed by atoms with Gasteiger partial charge in [-0.15, -0.1) is 0 Å². The van der Waals surface area contributed by atoms with Crippen molar-refractivity contribution in [2.75, 3.05) is 23.9 Å².